The number of hydrogen-bond acceptors (Lipinski definition) is 2. The van der Waals surface area contributed by atoms with Crippen LogP contribution in [0.1, 0.15) is 56.7 Å². The molecule has 0 radical (unpaired) electrons. The molecule has 1 aliphatic rings. The smallest absolute Gasteiger partial charge is 0.222 e. The van der Waals surface area contributed by atoms with Crippen LogP contribution in [0.25, 0.3) is 0 Å². The molecule has 2 N–H and O–H groups in total. The number of nitrogens with one attached hydrogen (secondary N) is 2. The molecule has 1 aromatic carbocycles. The minimum absolute atomic E-state index is 0. The first-order valence-electron chi connectivity index (χ1n) is 9.49. The number of aryl methyl sites for hydroxylation is 1. The van der Waals surface area contributed by atoms with Crippen molar-refractivity contribution in [3.05, 3.63) is 35.1 Å². The van der Waals surface area contributed by atoms with Crippen LogP contribution in [0.2, 0.25) is 0 Å². The van der Waals surface area contributed by atoms with Crippen molar-refractivity contribution in [1.29, 1.82) is 0 Å². The third-order valence-corrected chi connectivity index (χ3v) is 5.06. The molecule has 1 saturated heterocycles. The van der Waals surface area contributed by atoms with Crippen LogP contribution in [0.5, 0.6) is 0 Å². The molecule has 2 unspecified atom stereocenters. The van der Waals surface area contributed by atoms with Crippen LogP contribution >= 0.6 is 24.0 Å². The van der Waals surface area contributed by atoms with Crippen molar-refractivity contribution >= 4 is 35.8 Å². The topological polar surface area (TPSA) is 56.7 Å². The zero-order chi connectivity index (χ0) is 19.1. The number of likely N-dealkylation sites (tertiary alicyclic amines) is 1. The standard InChI is InChI=1S/C20H31FN4O.HI/c1-5-17(25-12-6-7-19(25)26)10-11-23-20(22-4)24-15(3)16-9-8-14(2)18(21)13-16;/h8-9,13,15,17H,5-7,10-12H2,1-4H3,(H2,22,23,24);1H. The number of benzene rings is 1. The summed E-state index contributed by atoms with van der Waals surface area (Å²) in [6.45, 7) is 7.47. The highest BCUT2D eigenvalue weighted by atomic mass is 127. The van der Waals surface area contributed by atoms with Crippen LogP contribution in [-0.4, -0.2) is 42.9 Å². The number of hydrogen-bond donors (Lipinski definition) is 2. The van der Waals surface area contributed by atoms with Gasteiger partial charge in [0, 0.05) is 32.6 Å². The average Bonchev–Trinajstić information content (AvgIpc) is 3.05. The highest BCUT2D eigenvalue weighted by Gasteiger charge is 2.26. The van der Waals surface area contributed by atoms with Gasteiger partial charge in [-0.3, -0.25) is 9.79 Å². The van der Waals surface area contributed by atoms with Gasteiger partial charge in [0.2, 0.25) is 5.91 Å². The zero-order valence-electron chi connectivity index (χ0n) is 16.7. The SMILES string of the molecule is CCC(CCNC(=NC)NC(C)c1ccc(C)c(F)c1)N1CCCC1=O.I. The Bertz CT molecular complexity index is 653. The largest absolute Gasteiger partial charge is 0.356 e. The Hall–Kier alpha value is -1.38. The molecule has 1 aliphatic heterocycles. The highest BCUT2D eigenvalue weighted by Crippen LogP contribution is 2.18. The highest BCUT2D eigenvalue weighted by molar-refractivity contribution is 14.0. The molecule has 152 valence electrons. The molecule has 1 fully saturated rings. The van der Waals surface area contributed by atoms with Crippen LogP contribution < -0.4 is 10.6 Å². The molecule has 1 aromatic rings. The first-order chi connectivity index (χ1) is 12.5. The van der Waals surface area contributed by atoms with E-state index in [9.17, 15) is 9.18 Å². The lowest BCUT2D eigenvalue weighted by molar-refractivity contribution is -0.129. The normalized spacial score (nSPS) is 16.7. The van der Waals surface area contributed by atoms with Gasteiger partial charge >= 0.3 is 0 Å². The number of amides is 1. The van der Waals surface area contributed by atoms with Crippen molar-refractivity contribution in [1.82, 2.24) is 15.5 Å². The van der Waals surface area contributed by atoms with Crippen molar-refractivity contribution in [2.45, 2.75) is 58.5 Å². The van der Waals surface area contributed by atoms with Gasteiger partial charge in [-0.15, -0.1) is 24.0 Å². The second-order valence-corrected chi connectivity index (χ2v) is 6.92. The minimum atomic E-state index is -0.194. The summed E-state index contributed by atoms with van der Waals surface area (Å²) in [4.78, 5) is 18.2. The number of nitrogens with zero attached hydrogens (tertiary/aromatic N) is 2. The van der Waals surface area contributed by atoms with Gasteiger partial charge in [-0.25, -0.2) is 4.39 Å². The predicted octanol–water partition coefficient (Wildman–Crippen LogP) is 3.77. The number of guanidine groups is 1. The van der Waals surface area contributed by atoms with Crippen LogP contribution in [0.3, 0.4) is 0 Å². The van der Waals surface area contributed by atoms with Gasteiger partial charge in [0.15, 0.2) is 5.96 Å². The molecule has 2 atom stereocenters. The van der Waals surface area contributed by atoms with Crippen LogP contribution in [0.15, 0.2) is 23.2 Å². The van der Waals surface area contributed by atoms with Crippen molar-refractivity contribution in [2.24, 2.45) is 4.99 Å². The third kappa shape index (κ3) is 6.62. The van der Waals surface area contributed by atoms with Gasteiger partial charge in [0.1, 0.15) is 5.82 Å². The van der Waals surface area contributed by atoms with Gasteiger partial charge < -0.3 is 15.5 Å². The molecule has 2 rings (SSSR count). The lowest BCUT2D eigenvalue weighted by Gasteiger charge is -2.27. The lowest BCUT2D eigenvalue weighted by atomic mass is 10.1. The molecule has 27 heavy (non-hydrogen) atoms. The fraction of sp³-hybridized carbons (Fsp3) is 0.600. The van der Waals surface area contributed by atoms with E-state index in [-0.39, 0.29) is 47.8 Å². The summed E-state index contributed by atoms with van der Waals surface area (Å²) >= 11 is 0. The number of aliphatic imine (C=N–C) groups is 1. The Morgan fingerprint density at radius 3 is 2.70 bits per heavy atom. The predicted molar refractivity (Wildman–Crippen MR) is 119 cm³/mol. The molecule has 0 aromatic heterocycles. The van der Waals surface area contributed by atoms with E-state index in [1.54, 1.807) is 26.1 Å². The summed E-state index contributed by atoms with van der Waals surface area (Å²) in [5.74, 6) is 0.760. The summed E-state index contributed by atoms with van der Waals surface area (Å²) < 4.78 is 13.8. The second-order valence-electron chi connectivity index (χ2n) is 6.92. The Morgan fingerprint density at radius 1 is 1.41 bits per heavy atom. The summed E-state index contributed by atoms with van der Waals surface area (Å²) in [5.41, 5.74) is 1.52. The summed E-state index contributed by atoms with van der Waals surface area (Å²) in [5, 5.41) is 6.60. The molecular weight excluding hydrogens is 458 g/mol. The van der Waals surface area contributed by atoms with E-state index in [0.29, 0.717) is 17.9 Å². The molecule has 0 aliphatic carbocycles. The maximum Gasteiger partial charge on any atom is 0.222 e. The Kier molecular flexibility index (Phi) is 10.0. The number of carbonyl (C=O) groups excluding carboxylic acids is 1. The van der Waals surface area contributed by atoms with Crippen molar-refractivity contribution < 1.29 is 9.18 Å². The van der Waals surface area contributed by atoms with E-state index in [1.807, 2.05) is 17.9 Å². The molecule has 1 heterocycles. The number of halogens is 2. The first-order valence-corrected chi connectivity index (χ1v) is 9.49. The van der Waals surface area contributed by atoms with Crippen LogP contribution in [0.4, 0.5) is 4.39 Å². The fourth-order valence-electron chi connectivity index (χ4n) is 3.35. The monoisotopic (exact) mass is 490 g/mol. The molecule has 5 nitrogen and oxygen atoms in total. The third-order valence-electron chi connectivity index (χ3n) is 5.06. The Morgan fingerprint density at radius 2 is 2.15 bits per heavy atom. The van der Waals surface area contributed by atoms with Gasteiger partial charge in [-0.05, 0) is 50.3 Å². The van der Waals surface area contributed by atoms with Crippen molar-refractivity contribution in [3.8, 4) is 0 Å². The van der Waals surface area contributed by atoms with Gasteiger partial charge in [-0.1, -0.05) is 19.1 Å². The maximum absolute atomic E-state index is 13.8. The molecular formula is C20H32FIN4O. The molecule has 7 heteroatoms. The minimum Gasteiger partial charge on any atom is -0.356 e. The van der Waals surface area contributed by atoms with E-state index < -0.39 is 0 Å². The van der Waals surface area contributed by atoms with Gasteiger partial charge in [0.05, 0.1) is 6.04 Å². The quantitative estimate of drug-likeness (QED) is 0.348. The molecule has 0 bridgehead atoms. The van der Waals surface area contributed by atoms with E-state index >= 15 is 0 Å². The number of rotatable bonds is 7. The van der Waals surface area contributed by atoms with E-state index in [1.165, 1.54) is 0 Å². The average molecular weight is 490 g/mol. The summed E-state index contributed by atoms with van der Waals surface area (Å²) in [7, 11) is 1.72. The zero-order valence-corrected chi connectivity index (χ0v) is 19.0. The van der Waals surface area contributed by atoms with Crippen LogP contribution in [-0.2, 0) is 4.79 Å². The van der Waals surface area contributed by atoms with Crippen LogP contribution in [0, 0.1) is 12.7 Å². The van der Waals surface area contributed by atoms with E-state index in [4.69, 9.17) is 0 Å². The van der Waals surface area contributed by atoms with E-state index in [0.717, 1.165) is 37.9 Å². The molecule has 0 spiro atoms. The summed E-state index contributed by atoms with van der Waals surface area (Å²) in [6.07, 6.45) is 3.49. The lowest BCUT2D eigenvalue weighted by Crippen LogP contribution is -2.42. The Labute approximate surface area is 179 Å². The molecule has 0 saturated carbocycles. The van der Waals surface area contributed by atoms with Crippen molar-refractivity contribution in [2.75, 3.05) is 20.1 Å². The second kappa shape index (κ2) is 11.5. The Balaban J connectivity index is 0.00000364. The van der Waals surface area contributed by atoms with Crippen molar-refractivity contribution in [3.63, 3.8) is 0 Å². The first kappa shape index (κ1) is 23.7. The van der Waals surface area contributed by atoms with E-state index in [2.05, 4.69) is 22.5 Å². The summed E-state index contributed by atoms with van der Waals surface area (Å²) in [6, 6.07) is 5.50. The van der Waals surface area contributed by atoms with Gasteiger partial charge in [-0.2, -0.15) is 0 Å². The fourth-order valence-corrected chi connectivity index (χ4v) is 3.35. The number of carbonyl (C=O) groups is 1. The maximum atomic E-state index is 13.8. The van der Waals surface area contributed by atoms with Gasteiger partial charge in [0.25, 0.3) is 0 Å². The molecule has 1 amide bonds.